The molecule has 0 nitrogen and oxygen atoms in total. The summed E-state index contributed by atoms with van der Waals surface area (Å²) < 4.78 is 0. The van der Waals surface area contributed by atoms with Crippen molar-refractivity contribution in [2.75, 3.05) is 5.88 Å². The Morgan fingerprint density at radius 2 is 1.76 bits per heavy atom. The molecular formula is C16H25Cl. The van der Waals surface area contributed by atoms with Gasteiger partial charge in [0.15, 0.2) is 0 Å². The molecule has 1 heteroatoms. The molecule has 0 aliphatic carbocycles. The molecule has 0 radical (unpaired) electrons. The summed E-state index contributed by atoms with van der Waals surface area (Å²) in [6.07, 6.45) is 6.08. The van der Waals surface area contributed by atoms with E-state index in [1.54, 1.807) is 0 Å². The van der Waals surface area contributed by atoms with E-state index >= 15 is 0 Å². The van der Waals surface area contributed by atoms with Gasteiger partial charge in [-0.25, -0.2) is 0 Å². The van der Waals surface area contributed by atoms with E-state index in [0.717, 1.165) is 12.3 Å². The van der Waals surface area contributed by atoms with E-state index in [-0.39, 0.29) is 0 Å². The highest BCUT2D eigenvalue weighted by Crippen LogP contribution is 2.34. The molecule has 0 heterocycles. The number of rotatable bonds is 7. The van der Waals surface area contributed by atoms with E-state index in [1.165, 1.54) is 36.8 Å². The van der Waals surface area contributed by atoms with Crippen molar-refractivity contribution in [3.8, 4) is 0 Å². The average molecular weight is 253 g/mol. The molecule has 0 aliphatic heterocycles. The number of hydrogen-bond donors (Lipinski definition) is 0. The summed E-state index contributed by atoms with van der Waals surface area (Å²) >= 11 is 6.24. The van der Waals surface area contributed by atoms with Crippen LogP contribution in [0.5, 0.6) is 0 Å². The number of alkyl halides is 1. The fourth-order valence-corrected chi connectivity index (χ4v) is 2.71. The summed E-state index contributed by atoms with van der Waals surface area (Å²) in [6.45, 7) is 6.66. The van der Waals surface area contributed by atoms with E-state index in [0.29, 0.717) is 5.41 Å². The van der Waals surface area contributed by atoms with Crippen LogP contribution in [0.4, 0.5) is 0 Å². The van der Waals surface area contributed by atoms with Crippen molar-refractivity contribution in [3.05, 3.63) is 35.4 Å². The molecule has 1 rings (SSSR count). The quantitative estimate of drug-likeness (QED) is 0.573. The number of hydrogen-bond acceptors (Lipinski definition) is 0. The fraction of sp³-hybridized carbons (Fsp3) is 0.625. The van der Waals surface area contributed by atoms with Gasteiger partial charge in [0.25, 0.3) is 0 Å². The molecule has 1 atom stereocenters. The molecule has 0 N–H and O–H groups in total. The van der Waals surface area contributed by atoms with Crippen LogP contribution in [-0.2, 0) is 6.42 Å². The molecule has 17 heavy (non-hydrogen) atoms. The Morgan fingerprint density at radius 1 is 1.12 bits per heavy atom. The van der Waals surface area contributed by atoms with Gasteiger partial charge in [0, 0.05) is 5.88 Å². The summed E-state index contributed by atoms with van der Waals surface area (Å²) in [6, 6.07) is 8.89. The third kappa shape index (κ3) is 4.35. The molecule has 0 saturated heterocycles. The smallest absolute Gasteiger partial charge is 0.0283 e. The Bertz CT molecular complexity index is 309. The van der Waals surface area contributed by atoms with Crippen molar-refractivity contribution in [1.82, 2.24) is 0 Å². The van der Waals surface area contributed by atoms with E-state index in [4.69, 9.17) is 11.6 Å². The first-order valence-electron chi connectivity index (χ1n) is 6.77. The van der Waals surface area contributed by atoms with Gasteiger partial charge in [0.1, 0.15) is 0 Å². The first-order chi connectivity index (χ1) is 8.15. The Labute approximate surface area is 111 Å². The standard InChI is InChI=1S/C16H25Cl/c1-4-6-11-16(5-2,13-17)12-15-9-7-14(3)8-10-15/h7-10H,4-6,11-13H2,1-3H3. The SMILES string of the molecule is CCCCC(CC)(CCl)Cc1ccc(C)cc1. The molecule has 0 fully saturated rings. The van der Waals surface area contributed by atoms with Crippen LogP contribution in [0.1, 0.15) is 50.7 Å². The zero-order valence-corrected chi connectivity index (χ0v) is 12.2. The number of benzene rings is 1. The van der Waals surface area contributed by atoms with Gasteiger partial charge in [-0.1, -0.05) is 56.5 Å². The summed E-state index contributed by atoms with van der Waals surface area (Å²) in [7, 11) is 0. The van der Waals surface area contributed by atoms with E-state index in [9.17, 15) is 0 Å². The third-order valence-corrected chi connectivity index (χ3v) is 4.36. The van der Waals surface area contributed by atoms with Crippen LogP contribution in [-0.4, -0.2) is 5.88 Å². The molecule has 0 aliphatic rings. The van der Waals surface area contributed by atoms with Gasteiger partial charge in [-0.15, -0.1) is 11.6 Å². The first-order valence-corrected chi connectivity index (χ1v) is 7.31. The van der Waals surface area contributed by atoms with Crippen LogP contribution in [0.2, 0.25) is 0 Å². The Balaban J connectivity index is 2.74. The Morgan fingerprint density at radius 3 is 2.24 bits per heavy atom. The second kappa shape index (κ2) is 7.06. The Hall–Kier alpha value is -0.490. The van der Waals surface area contributed by atoms with Gasteiger partial charge in [-0.05, 0) is 37.2 Å². The normalized spacial score (nSPS) is 14.6. The minimum absolute atomic E-state index is 0.298. The Kier molecular flexibility index (Phi) is 6.05. The number of halogens is 1. The van der Waals surface area contributed by atoms with Crippen molar-refractivity contribution < 1.29 is 0 Å². The summed E-state index contributed by atoms with van der Waals surface area (Å²) in [5, 5.41) is 0. The number of aryl methyl sites for hydroxylation is 1. The highest BCUT2D eigenvalue weighted by Gasteiger charge is 2.26. The molecule has 0 aromatic heterocycles. The first kappa shape index (κ1) is 14.6. The molecule has 0 spiro atoms. The number of unbranched alkanes of at least 4 members (excludes halogenated alkanes) is 1. The van der Waals surface area contributed by atoms with Crippen LogP contribution in [0, 0.1) is 12.3 Å². The lowest BCUT2D eigenvalue weighted by atomic mass is 9.77. The van der Waals surface area contributed by atoms with Crippen LogP contribution < -0.4 is 0 Å². The van der Waals surface area contributed by atoms with Gasteiger partial charge in [-0.3, -0.25) is 0 Å². The average Bonchev–Trinajstić information content (AvgIpc) is 2.37. The molecule has 0 saturated carbocycles. The highest BCUT2D eigenvalue weighted by atomic mass is 35.5. The van der Waals surface area contributed by atoms with Crippen molar-refractivity contribution in [2.45, 2.75) is 52.9 Å². The molecule has 96 valence electrons. The lowest BCUT2D eigenvalue weighted by Gasteiger charge is -2.31. The van der Waals surface area contributed by atoms with Gasteiger partial charge < -0.3 is 0 Å². The van der Waals surface area contributed by atoms with Crippen LogP contribution >= 0.6 is 11.6 Å². The molecule has 0 amide bonds. The third-order valence-electron chi connectivity index (χ3n) is 3.79. The molecule has 1 aromatic carbocycles. The highest BCUT2D eigenvalue weighted by molar-refractivity contribution is 6.18. The molecule has 1 aromatic rings. The zero-order valence-electron chi connectivity index (χ0n) is 11.4. The van der Waals surface area contributed by atoms with Gasteiger partial charge in [-0.2, -0.15) is 0 Å². The minimum Gasteiger partial charge on any atom is -0.126 e. The monoisotopic (exact) mass is 252 g/mol. The lowest BCUT2D eigenvalue weighted by Crippen LogP contribution is -2.25. The maximum Gasteiger partial charge on any atom is 0.0283 e. The molecular weight excluding hydrogens is 228 g/mol. The maximum absolute atomic E-state index is 6.24. The summed E-state index contributed by atoms with van der Waals surface area (Å²) in [4.78, 5) is 0. The lowest BCUT2D eigenvalue weighted by molar-refractivity contribution is 0.279. The van der Waals surface area contributed by atoms with Gasteiger partial charge >= 0.3 is 0 Å². The van der Waals surface area contributed by atoms with Crippen molar-refractivity contribution >= 4 is 11.6 Å². The zero-order chi connectivity index (χ0) is 12.7. The van der Waals surface area contributed by atoms with E-state index in [2.05, 4.69) is 45.0 Å². The fourth-order valence-electron chi connectivity index (χ4n) is 2.29. The van der Waals surface area contributed by atoms with Crippen molar-refractivity contribution in [1.29, 1.82) is 0 Å². The van der Waals surface area contributed by atoms with Crippen molar-refractivity contribution in [3.63, 3.8) is 0 Å². The molecule has 0 bridgehead atoms. The van der Waals surface area contributed by atoms with Crippen LogP contribution in [0.25, 0.3) is 0 Å². The van der Waals surface area contributed by atoms with Gasteiger partial charge in [0.05, 0.1) is 0 Å². The predicted octanol–water partition coefficient (Wildman–Crippen LogP) is 5.36. The van der Waals surface area contributed by atoms with Crippen LogP contribution in [0.15, 0.2) is 24.3 Å². The predicted molar refractivity (Wildman–Crippen MR) is 77.9 cm³/mol. The largest absolute Gasteiger partial charge is 0.126 e. The summed E-state index contributed by atoms with van der Waals surface area (Å²) in [5.41, 5.74) is 3.05. The molecule has 1 unspecified atom stereocenters. The topological polar surface area (TPSA) is 0 Å². The second-order valence-electron chi connectivity index (χ2n) is 5.25. The van der Waals surface area contributed by atoms with E-state index < -0.39 is 0 Å². The minimum atomic E-state index is 0.298. The van der Waals surface area contributed by atoms with E-state index in [1.807, 2.05) is 0 Å². The van der Waals surface area contributed by atoms with Crippen molar-refractivity contribution in [2.24, 2.45) is 5.41 Å². The van der Waals surface area contributed by atoms with Crippen LogP contribution in [0.3, 0.4) is 0 Å². The second-order valence-corrected chi connectivity index (χ2v) is 5.52. The summed E-state index contributed by atoms with van der Waals surface area (Å²) in [5.74, 6) is 0.775. The maximum atomic E-state index is 6.24. The van der Waals surface area contributed by atoms with Gasteiger partial charge in [0.2, 0.25) is 0 Å².